The summed E-state index contributed by atoms with van der Waals surface area (Å²) >= 11 is 0. The Morgan fingerprint density at radius 2 is 2.36 bits per heavy atom. The number of rotatable bonds is 2. The molecule has 3 nitrogen and oxygen atoms in total. The van der Waals surface area contributed by atoms with Crippen molar-refractivity contribution in [3.63, 3.8) is 0 Å². The minimum absolute atomic E-state index is 0.257. The van der Waals surface area contributed by atoms with Gasteiger partial charge in [-0.05, 0) is 25.5 Å². The summed E-state index contributed by atoms with van der Waals surface area (Å²) in [4.78, 5) is 8.68. The highest BCUT2D eigenvalue weighted by molar-refractivity contribution is 5.83. The minimum Gasteiger partial charge on any atom is -0.366 e. The molecule has 0 aliphatic carbocycles. The van der Waals surface area contributed by atoms with Gasteiger partial charge in [0.15, 0.2) is 0 Å². The molecule has 0 unspecified atom stereocenters. The molecule has 0 amide bonds. The highest BCUT2D eigenvalue weighted by Gasteiger charge is 2.11. The van der Waals surface area contributed by atoms with E-state index in [1.165, 1.54) is 6.42 Å². The van der Waals surface area contributed by atoms with Crippen molar-refractivity contribution >= 4 is 5.84 Å². The second-order valence-electron chi connectivity index (χ2n) is 3.55. The summed E-state index contributed by atoms with van der Waals surface area (Å²) < 4.78 is 0. The number of aliphatic imine (C=N–C) groups is 1. The fraction of sp³-hybridized carbons (Fsp3) is 0.455. The van der Waals surface area contributed by atoms with Gasteiger partial charge in [-0.1, -0.05) is 6.07 Å². The van der Waals surface area contributed by atoms with E-state index in [1.54, 1.807) is 0 Å². The number of nitrogens with one attached hydrogen (secondary N) is 1. The first-order valence-electron chi connectivity index (χ1n) is 5.07. The highest BCUT2D eigenvalue weighted by Crippen LogP contribution is 2.10. The third-order valence-electron chi connectivity index (χ3n) is 2.39. The van der Waals surface area contributed by atoms with Crippen LogP contribution in [0.3, 0.4) is 0 Å². The molecule has 14 heavy (non-hydrogen) atoms. The number of pyridine rings is 1. The molecule has 1 atom stereocenters. The molecule has 1 aliphatic rings. The Balaban J connectivity index is 1.99. The molecule has 0 spiro atoms. The Kier molecular flexibility index (Phi) is 2.77. The van der Waals surface area contributed by atoms with Crippen LogP contribution >= 0.6 is 0 Å². The molecule has 1 aliphatic heterocycles. The van der Waals surface area contributed by atoms with Crippen molar-refractivity contribution in [2.24, 2.45) is 4.99 Å². The van der Waals surface area contributed by atoms with Crippen molar-refractivity contribution in [2.45, 2.75) is 25.8 Å². The third kappa shape index (κ3) is 2.10. The van der Waals surface area contributed by atoms with Gasteiger partial charge in [0.1, 0.15) is 0 Å². The van der Waals surface area contributed by atoms with Crippen molar-refractivity contribution in [1.82, 2.24) is 10.3 Å². The molecule has 74 valence electrons. The maximum atomic E-state index is 4.38. The largest absolute Gasteiger partial charge is 0.366 e. The predicted octanol–water partition coefficient (Wildman–Crippen LogP) is 1.92. The maximum Gasteiger partial charge on any atom is 0.0968 e. The smallest absolute Gasteiger partial charge is 0.0968 e. The molecule has 0 bridgehead atoms. The molecule has 0 saturated heterocycles. The van der Waals surface area contributed by atoms with Gasteiger partial charge in [0.2, 0.25) is 0 Å². The van der Waals surface area contributed by atoms with Crippen LogP contribution in [-0.2, 0) is 0 Å². The number of hydrogen-bond donors (Lipinski definition) is 1. The summed E-state index contributed by atoms with van der Waals surface area (Å²) in [6.45, 7) is 3.08. The van der Waals surface area contributed by atoms with Gasteiger partial charge in [-0.15, -0.1) is 0 Å². The predicted molar refractivity (Wildman–Crippen MR) is 57.3 cm³/mol. The standard InChI is InChI=1S/C11H15N3/c1-9(10-5-2-3-7-12-10)14-11-6-4-8-13-11/h2-3,5,7,9H,4,6,8H2,1H3,(H,13,14)/t9-/m0/s1. The Morgan fingerprint density at radius 3 is 3.00 bits per heavy atom. The SMILES string of the molecule is C[C@H](NC1=NCCC1)c1ccccn1. The Hall–Kier alpha value is -1.38. The molecule has 1 aromatic heterocycles. The van der Waals surface area contributed by atoms with Gasteiger partial charge in [0.25, 0.3) is 0 Å². The second-order valence-corrected chi connectivity index (χ2v) is 3.55. The van der Waals surface area contributed by atoms with Crippen LogP contribution in [0.4, 0.5) is 0 Å². The molecule has 2 heterocycles. The molecule has 0 aromatic carbocycles. The average Bonchev–Trinajstić information content (AvgIpc) is 2.72. The normalized spacial score (nSPS) is 17.6. The molecule has 2 rings (SSSR count). The molecular weight excluding hydrogens is 174 g/mol. The maximum absolute atomic E-state index is 4.38. The molecule has 0 fully saturated rings. The summed E-state index contributed by atoms with van der Waals surface area (Å²) in [5, 5.41) is 3.38. The van der Waals surface area contributed by atoms with E-state index in [-0.39, 0.29) is 6.04 Å². The first-order chi connectivity index (χ1) is 6.86. The zero-order chi connectivity index (χ0) is 9.80. The van der Waals surface area contributed by atoms with E-state index in [4.69, 9.17) is 0 Å². The summed E-state index contributed by atoms with van der Waals surface area (Å²) in [5.41, 5.74) is 1.07. The molecule has 1 aromatic rings. The Bertz CT molecular complexity index is 319. The molecule has 0 radical (unpaired) electrons. The monoisotopic (exact) mass is 189 g/mol. The zero-order valence-corrected chi connectivity index (χ0v) is 8.40. The van der Waals surface area contributed by atoms with Crippen molar-refractivity contribution in [3.8, 4) is 0 Å². The summed E-state index contributed by atoms with van der Waals surface area (Å²) in [6.07, 6.45) is 4.08. The van der Waals surface area contributed by atoms with Gasteiger partial charge in [-0.3, -0.25) is 9.98 Å². The van der Waals surface area contributed by atoms with Gasteiger partial charge >= 0.3 is 0 Å². The molecular formula is C11H15N3. The van der Waals surface area contributed by atoms with Crippen LogP contribution in [0.15, 0.2) is 29.4 Å². The van der Waals surface area contributed by atoms with E-state index < -0.39 is 0 Å². The van der Waals surface area contributed by atoms with Crippen LogP contribution in [0.2, 0.25) is 0 Å². The van der Waals surface area contributed by atoms with Crippen molar-refractivity contribution in [3.05, 3.63) is 30.1 Å². The first kappa shape index (κ1) is 9.19. The lowest BCUT2D eigenvalue weighted by molar-refractivity contribution is 0.685. The summed E-state index contributed by atoms with van der Waals surface area (Å²) in [5.74, 6) is 1.13. The van der Waals surface area contributed by atoms with Crippen LogP contribution in [-0.4, -0.2) is 17.4 Å². The van der Waals surface area contributed by atoms with Gasteiger partial charge in [0.05, 0.1) is 17.6 Å². The van der Waals surface area contributed by atoms with E-state index in [2.05, 4.69) is 22.2 Å². The topological polar surface area (TPSA) is 37.3 Å². The zero-order valence-electron chi connectivity index (χ0n) is 8.40. The number of aromatic nitrogens is 1. The quantitative estimate of drug-likeness (QED) is 0.771. The first-order valence-corrected chi connectivity index (χ1v) is 5.07. The lowest BCUT2D eigenvalue weighted by Crippen LogP contribution is -2.25. The van der Waals surface area contributed by atoms with Gasteiger partial charge in [-0.2, -0.15) is 0 Å². The number of hydrogen-bond acceptors (Lipinski definition) is 3. The second kappa shape index (κ2) is 4.22. The number of amidine groups is 1. The van der Waals surface area contributed by atoms with Gasteiger partial charge in [0, 0.05) is 19.2 Å². The highest BCUT2D eigenvalue weighted by atomic mass is 15.0. The van der Waals surface area contributed by atoms with Gasteiger partial charge in [-0.25, -0.2) is 0 Å². The van der Waals surface area contributed by atoms with Crippen molar-refractivity contribution in [2.75, 3.05) is 6.54 Å². The van der Waals surface area contributed by atoms with E-state index in [9.17, 15) is 0 Å². The molecule has 0 saturated carbocycles. The Labute approximate surface area is 84.3 Å². The summed E-state index contributed by atoms with van der Waals surface area (Å²) in [7, 11) is 0. The number of nitrogens with zero attached hydrogens (tertiary/aromatic N) is 2. The lowest BCUT2D eigenvalue weighted by atomic mass is 10.2. The van der Waals surface area contributed by atoms with E-state index in [0.29, 0.717) is 0 Å². The van der Waals surface area contributed by atoms with Crippen LogP contribution < -0.4 is 5.32 Å². The van der Waals surface area contributed by atoms with E-state index in [1.807, 2.05) is 24.4 Å². The average molecular weight is 189 g/mol. The fourth-order valence-corrected chi connectivity index (χ4v) is 1.61. The van der Waals surface area contributed by atoms with Crippen molar-refractivity contribution < 1.29 is 0 Å². The van der Waals surface area contributed by atoms with Crippen molar-refractivity contribution in [1.29, 1.82) is 0 Å². The van der Waals surface area contributed by atoms with E-state index >= 15 is 0 Å². The molecule has 1 N–H and O–H groups in total. The van der Waals surface area contributed by atoms with E-state index in [0.717, 1.165) is 24.5 Å². The van der Waals surface area contributed by atoms with Gasteiger partial charge < -0.3 is 5.32 Å². The lowest BCUT2D eigenvalue weighted by Gasteiger charge is -2.13. The molecule has 3 heteroatoms. The van der Waals surface area contributed by atoms with Crippen LogP contribution in [0.5, 0.6) is 0 Å². The minimum atomic E-state index is 0.257. The van der Waals surface area contributed by atoms with Crippen LogP contribution in [0, 0.1) is 0 Å². The third-order valence-corrected chi connectivity index (χ3v) is 2.39. The fourth-order valence-electron chi connectivity index (χ4n) is 1.61. The van der Waals surface area contributed by atoms with Crippen LogP contribution in [0.1, 0.15) is 31.5 Å². The Morgan fingerprint density at radius 1 is 1.43 bits per heavy atom. The van der Waals surface area contributed by atoms with Crippen LogP contribution in [0.25, 0.3) is 0 Å². The summed E-state index contributed by atoms with van der Waals surface area (Å²) in [6, 6.07) is 6.24.